The molecule has 2 aromatic carbocycles. The van der Waals surface area contributed by atoms with Gasteiger partial charge in [0.25, 0.3) is 0 Å². The number of allylic oxidation sites excluding steroid dienone is 1. The fourth-order valence-corrected chi connectivity index (χ4v) is 4.26. The predicted molar refractivity (Wildman–Crippen MR) is 105 cm³/mol. The smallest absolute Gasteiger partial charge is 0.232 e. The van der Waals surface area contributed by atoms with Gasteiger partial charge >= 0.3 is 0 Å². The summed E-state index contributed by atoms with van der Waals surface area (Å²) in [5.74, 6) is 0.110. The van der Waals surface area contributed by atoms with Crippen LogP contribution in [0.15, 0.2) is 60.3 Å². The van der Waals surface area contributed by atoms with Gasteiger partial charge < -0.3 is 0 Å². The lowest BCUT2D eigenvalue weighted by Gasteiger charge is -2.25. The number of nitrogens with zero attached hydrogens (tertiary/aromatic N) is 1. The summed E-state index contributed by atoms with van der Waals surface area (Å²) in [6.45, 7) is 2.26. The monoisotopic (exact) mass is 372 g/mol. The van der Waals surface area contributed by atoms with Crippen molar-refractivity contribution in [3.8, 4) is 0 Å². The zero-order chi connectivity index (χ0) is 18.6. The maximum Gasteiger partial charge on any atom is 0.232 e. The van der Waals surface area contributed by atoms with Crippen molar-refractivity contribution in [2.24, 2.45) is 0 Å². The van der Waals surface area contributed by atoms with Crippen LogP contribution >= 0.6 is 0 Å². The van der Waals surface area contributed by atoms with Crippen LogP contribution in [-0.2, 0) is 10.0 Å². The van der Waals surface area contributed by atoms with Gasteiger partial charge in [-0.15, -0.1) is 0 Å². The Morgan fingerprint density at radius 3 is 2.69 bits per heavy atom. The summed E-state index contributed by atoms with van der Waals surface area (Å²) in [4.78, 5) is 0. The zero-order valence-corrected chi connectivity index (χ0v) is 15.7. The fraction of sp³-hybridized carbons (Fsp3) is 0.300. The quantitative estimate of drug-likeness (QED) is 0.724. The highest BCUT2D eigenvalue weighted by Crippen LogP contribution is 2.29. The first kappa shape index (κ1) is 18.5. The highest BCUT2D eigenvalue weighted by atomic mass is 32.2. The van der Waals surface area contributed by atoms with Crippen LogP contribution in [0.1, 0.15) is 31.7 Å². The number of benzene rings is 2. The summed E-state index contributed by atoms with van der Waals surface area (Å²) in [5, 5.41) is 13.5. The Hall–Kier alpha value is -2.31. The molecule has 0 radical (unpaired) electrons. The molecule has 0 saturated heterocycles. The first-order chi connectivity index (χ1) is 12.5. The van der Waals surface area contributed by atoms with Crippen molar-refractivity contribution in [1.29, 1.82) is 0 Å². The molecule has 0 amide bonds. The molecule has 1 aliphatic heterocycles. The van der Waals surface area contributed by atoms with E-state index in [0.717, 1.165) is 34.2 Å². The van der Waals surface area contributed by atoms with Crippen molar-refractivity contribution < 1.29 is 13.6 Å². The summed E-state index contributed by atoms with van der Waals surface area (Å²) in [7, 11) is -3.38. The van der Waals surface area contributed by atoms with Crippen LogP contribution in [0.3, 0.4) is 0 Å². The molecule has 0 bridgehead atoms. The minimum absolute atomic E-state index is 0.110. The number of unbranched alkanes of at least 4 members (excludes halogenated alkanes) is 2. The second-order valence-electron chi connectivity index (χ2n) is 6.43. The maximum atomic E-state index is 12.3. The lowest BCUT2D eigenvalue weighted by atomic mass is 10.0. The number of hydrogen-bond donors (Lipinski definition) is 2. The number of nitrogens with one attached hydrogen (secondary N) is 1. The molecule has 0 unspecified atom stereocenters. The summed E-state index contributed by atoms with van der Waals surface area (Å²) in [6, 6.07) is 13.8. The number of fused-ring (bicyclic) bond motifs is 1. The Balaban J connectivity index is 1.88. The van der Waals surface area contributed by atoms with Gasteiger partial charge in [-0.2, -0.15) is 0 Å². The van der Waals surface area contributed by atoms with Crippen molar-refractivity contribution in [2.45, 2.75) is 26.2 Å². The highest BCUT2D eigenvalue weighted by Gasteiger charge is 2.19. The average molecular weight is 372 g/mol. The molecule has 0 saturated carbocycles. The minimum atomic E-state index is -3.38. The van der Waals surface area contributed by atoms with E-state index in [1.165, 1.54) is 0 Å². The van der Waals surface area contributed by atoms with Crippen molar-refractivity contribution >= 4 is 26.5 Å². The molecule has 0 fully saturated rings. The van der Waals surface area contributed by atoms with Crippen LogP contribution < -0.4 is 4.72 Å². The van der Waals surface area contributed by atoms with Gasteiger partial charge in [-0.05, 0) is 29.3 Å². The summed E-state index contributed by atoms with van der Waals surface area (Å²) in [6.07, 6.45) is 5.87. The topological polar surface area (TPSA) is 69.6 Å². The summed E-state index contributed by atoms with van der Waals surface area (Å²) < 4.78 is 27.1. The van der Waals surface area contributed by atoms with E-state index in [4.69, 9.17) is 0 Å². The largest absolute Gasteiger partial charge is 0.288 e. The van der Waals surface area contributed by atoms with E-state index in [1.807, 2.05) is 49.4 Å². The van der Waals surface area contributed by atoms with Crippen LogP contribution in [-0.4, -0.2) is 31.0 Å². The Labute approximate surface area is 154 Å². The number of sulfonamides is 1. The predicted octanol–water partition coefficient (Wildman–Crippen LogP) is 3.88. The van der Waals surface area contributed by atoms with Crippen molar-refractivity contribution in [3.05, 3.63) is 65.9 Å². The van der Waals surface area contributed by atoms with Gasteiger partial charge in [-0.25, -0.2) is 8.42 Å². The number of hydroxylamine groups is 2. The molecule has 6 heteroatoms. The fourth-order valence-electron chi connectivity index (χ4n) is 3.07. The molecule has 0 aromatic heterocycles. The molecule has 138 valence electrons. The van der Waals surface area contributed by atoms with E-state index in [2.05, 4.69) is 4.72 Å². The van der Waals surface area contributed by atoms with Crippen LogP contribution in [0.4, 0.5) is 0 Å². The molecule has 5 nitrogen and oxygen atoms in total. The average Bonchev–Trinajstić information content (AvgIpc) is 2.63. The van der Waals surface area contributed by atoms with Crippen LogP contribution in [0.2, 0.25) is 0 Å². The third-order valence-electron chi connectivity index (χ3n) is 4.41. The van der Waals surface area contributed by atoms with Gasteiger partial charge in [0.15, 0.2) is 0 Å². The maximum absolute atomic E-state index is 12.3. The van der Waals surface area contributed by atoms with Gasteiger partial charge in [0.2, 0.25) is 10.0 Å². The second kappa shape index (κ2) is 7.93. The van der Waals surface area contributed by atoms with Gasteiger partial charge in [0.1, 0.15) is 0 Å². The van der Waals surface area contributed by atoms with Crippen molar-refractivity contribution in [1.82, 2.24) is 9.79 Å². The lowest BCUT2D eigenvalue weighted by molar-refractivity contribution is -0.0168. The Bertz CT molecular complexity index is 943. The van der Waals surface area contributed by atoms with E-state index >= 15 is 0 Å². The molecule has 1 aliphatic rings. The van der Waals surface area contributed by atoms with E-state index < -0.39 is 10.0 Å². The summed E-state index contributed by atoms with van der Waals surface area (Å²) >= 11 is 0. The standard InChI is InChI=1S/C20H24N2O3S/c1-2-3-6-14-26(24,25)21-17-12-13-22(23)20(15-17)19-11-7-9-16-8-4-5-10-18(16)19/h4-5,7-12,15,21,23H,2-3,6,13-14H2,1H3. The SMILES string of the molecule is CCCCCS(=O)(=O)NC1=CCN(O)C(c2cccc3ccccc23)=C1. The Kier molecular flexibility index (Phi) is 5.64. The van der Waals surface area contributed by atoms with E-state index in [-0.39, 0.29) is 12.3 Å². The van der Waals surface area contributed by atoms with Crippen LogP contribution in [0.5, 0.6) is 0 Å². The third kappa shape index (κ3) is 4.26. The molecule has 0 aliphatic carbocycles. The van der Waals surface area contributed by atoms with E-state index in [9.17, 15) is 13.6 Å². The third-order valence-corrected chi connectivity index (χ3v) is 5.78. The van der Waals surface area contributed by atoms with E-state index in [0.29, 0.717) is 17.8 Å². The zero-order valence-electron chi connectivity index (χ0n) is 14.9. The molecule has 2 N–H and O–H groups in total. The van der Waals surface area contributed by atoms with Gasteiger partial charge in [-0.1, -0.05) is 62.2 Å². The molecule has 1 heterocycles. The first-order valence-electron chi connectivity index (χ1n) is 8.87. The van der Waals surface area contributed by atoms with Crippen molar-refractivity contribution in [2.75, 3.05) is 12.3 Å². The van der Waals surface area contributed by atoms with Crippen LogP contribution in [0.25, 0.3) is 16.5 Å². The molecule has 2 aromatic rings. The minimum Gasteiger partial charge on any atom is -0.288 e. The molecule has 3 rings (SSSR count). The second-order valence-corrected chi connectivity index (χ2v) is 8.27. The van der Waals surface area contributed by atoms with Gasteiger partial charge in [0.05, 0.1) is 18.0 Å². The molecule has 0 atom stereocenters. The number of rotatable bonds is 7. The molecular formula is C20H24N2O3S. The normalized spacial score (nSPS) is 14.9. The van der Waals surface area contributed by atoms with Gasteiger partial charge in [0, 0.05) is 11.3 Å². The molecule has 26 heavy (non-hydrogen) atoms. The van der Waals surface area contributed by atoms with Gasteiger partial charge in [-0.3, -0.25) is 15.0 Å². The number of hydrogen-bond acceptors (Lipinski definition) is 4. The Morgan fingerprint density at radius 1 is 1.12 bits per heavy atom. The highest BCUT2D eigenvalue weighted by molar-refractivity contribution is 7.89. The van der Waals surface area contributed by atoms with Crippen LogP contribution in [0, 0.1) is 0 Å². The molecule has 0 spiro atoms. The lowest BCUT2D eigenvalue weighted by Crippen LogP contribution is -2.29. The molecular weight excluding hydrogens is 348 g/mol. The van der Waals surface area contributed by atoms with Crippen molar-refractivity contribution in [3.63, 3.8) is 0 Å². The first-order valence-corrected chi connectivity index (χ1v) is 10.5. The Morgan fingerprint density at radius 2 is 1.88 bits per heavy atom. The summed E-state index contributed by atoms with van der Waals surface area (Å²) in [5.41, 5.74) is 1.94. The van der Waals surface area contributed by atoms with E-state index in [1.54, 1.807) is 12.2 Å².